The standard InChI is InChI=1S/C14H15NO7/c1-8(12(16)15-14(18)19-2)21-13(17)11-7-20-9-5-3-4-6-10(9)22-11/h3-6,8,11H,7H2,1-2H3,(H,15,16,18)/t8-,11-/m0/s1. The Kier molecular flexibility index (Phi) is 4.82. The molecule has 2 atom stereocenters. The first-order valence-corrected chi connectivity index (χ1v) is 6.49. The smallest absolute Gasteiger partial charge is 0.413 e. The van der Waals surface area contributed by atoms with Gasteiger partial charge in [0.2, 0.25) is 6.10 Å². The van der Waals surface area contributed by atoms with Crippen molar-refractivity contribution in [2.45, 2.75) is 19.1 Å². The molecular formula is C14H15NO7. The zero-order chi connectivity index (χ0) is 16.1. The molecule has 1 aromatic carbocycles. The Hall–Kier alpha value is -2.77. The van der Waals surface area contributed by atoms with Crippen LogP contribution in [-0.4, -0.2) is 43.9 Å². The number of fused-ring (bicyclic) bond motifs is 1. The van der Waals surface area contributed by atoms with Crippen molar-refractivity contribution >= 4 is 18.0 Å². The van der Waals surface area contributed by atoms with Gasteiger partial charge in [-0.05, 0) is 19.1 Å². The lowest BCUT2D eigenvalue weighted by atomic mass is 10.2. The van der Waals surface area contributed by atoms with Crippen LogP contribution in [0.25, 0.3) is 0 Å². The van der Waals surface area contributed by atoms with Crippen molar-refractivity contribution in [2.75, 3.05) is 13.7 Å². The van der Waals surface area contributed by atoms with E-state index in [1.807, 2.05) is 5.32 Å². The highest BCUT2D eigenvalue weighted by atomic mass is 16.6. The lowest BCUT2D eigenvalue weighted by Crippen LogP contribution is -2.44. The van der Waals surface area contributed by atoms with Crippen molar-refractivity contribution in [1.29, 1.82) is 0 Å². The molecular weight excluding hydrogens is 294 g/mol. The van der Waals surface area contributed by atoms with Crippen LogP contribution in [0.2, 0.25) is 0 Å². The number of ether oxygens (including phenoxy) is 4. The Morgan fingerprint density at radius 3 is 2.64 bits per heavy atom. The molecule has 1 aliphatic heterocycles. The number of esters is 1. The molecule has 8 heteroatoms. The maximum Gasteiger partial charge on any atom is 0.413 e. The van der Waals surface area contributed by atoms with Crippen LogP contribution in [0.15, 0.2) is 24.3 Å². The van der Waals surface area contributed by atoms with Crippen LogP contribution in [0.3, 0.4) is 0 Å². The number of methoxy groups -OCH3 is 1. The van der Waals surface area contributed by atoms with Gasteiger partial charge in [-0.1, -0.05) is 12.1 Å². The third-order valence-electron chi connectivity index (χ3n) is 2.84. The summed E-state index contributed by atoms with van der Waals surface area (Å²) in [6.07, 6.45) is -3.09. The minimum Gasteiger partial charge on any atom is -0.485 e. The molecule has 1 aromatic rings. The fourth-order valence-electron chi connectivity index (χ4n) is 1.69. The van der Waals surface area contributed by atoms with Gasteiger partial charge in [0.15, 0.2) is 17.6 Å². The third kappa shape index (κ3) is 3.66. The van der Waals surface area contributed by atoms with E-state index in [1.165, 1.54) is 6.92 Å². The predicted molar refractivity (Wildman–Crippen MR) is 72.5 cm³/mol. The molecule has 0 aromatic heterocycles. The number of nitrogens with one attached hydrogen (secondary N) is 1. The normalized spacial score (nSPS) is 17.1. The van der Waals surface area contributed by atoms with Crippen LogP contribution in [0.5, 0.6) is 11.5 Å². The summed E-state index contributed by atoms with van der Waals surface area (Å²) >= 11 is 0. The number of imide groups is 1. The van der Waals surface area contributed by atoms with Gasteiger partial charge in [-0.2, -0.15) is 0 Å². The molecule has 1 aliphatic rings. The topological polar surface area (TPSA) is 100 Å². The van der Waals surface area contributed by atoms with E-state index in [-0.39, 0.29) is 6.61 Å². The molecule has 2 rings (SSSR count). The Labute approximate surface area is 126 Å². The molecule has 0 saturated heterocycles. The highest BCUT2D eigenvalue weighted by Crippen LogP contribution is 2.31. The molecule has 118 valence electrons. The molecule has 8 nitrogen and oxygen atoms in total. The molecule has 1 N–H and O–H groups in total. The first kappa shape index (κ1) is 15.6. The monoisotopic (exact) mass is 309 g/mol. The number of hydrogen-bond donors (Lipinski definition) is 1. The molecule has 0 radical (unpaired) electrons. The largest absolute Gasteiger partial charge is 0.485 e. The van der Waals surface area contributed by atoms with Crippen LogP contribution in [-0.2, 0) is 19.1 Å². The molecule has 0 spiro atoms. The molecule has 0 saturated carbocycles. The van der Waals surface area contributed by atoms with E-state index in [9.17, 15) is 14.4 Å². The van der Waals surface area contributed by atoms with Gasteiger partial charge in [-0.15, -0.1) is 0 Å². The second-order valence-electron chi connectivity index (χ2n) is 4.42. The second-order valence-corrected chi connectivity index (χ2v) is 4.42. The Morgan fingerprint density at radius 2 is 1.95 bits per heavy atom. The molecule has 1 heterocycles. The summed E-state index contributed by atoms with van der Waals surface area (Å²) in [7, 11) is 1.12. The van der Waals surface area contributed by atoms with Crippen molar-refractivity contribution in [2.24, 2.45) is 0 Å². The Morgan fingerprint density at radius 1 is 1.27 bits per heavy atom. The Bertz CT molecular complexity index is 586. The van der Waals surface area contributed by atoms with Crippen molar-refractivity contribution < 1.29 is 33.3 Å². The van der Waals surface area contributed by atoms with Crippen LogP contribution < -0.4 is 14.8 Å². The molecule has 22 heavy (non-hydrogen) atoms. The minimum atomic E-state index is -1.17. The average Bonchev–Trinajstić information content (AvgIpc) is 2.53. The van der Waals surface area contributed by atoms with Crippen molar-refractivity contribution in [3.63, 3.8) is 0 Å². The Balaban J connectivity index is 1.90. The van der Waals surface area contributed by atoms with Gasteiger partial charge < -0.3 is 18.9 Å². The number of hydrogen-bond acceptors (Lipinski definition) is 7. The molecule has 2 amide bonds. The van der Waals surface area contributed by atoms with E-state index in [0.717, 1.165) is 7.11 Å². The number of carbonyl (C=O) groups excluding carboxylic acids is 3. The van der Waals surface area contributed by atoms with Gasteiger partial charge in [-0.25, -0.2) is 9.59 Å². The van der Waals surface area contributed by atoms with E-state index in [1.54, 1.807) is 24.3 Å². The number of para-hydroxylation sites is 2. The molecule has 0 aliphatic carbocycles. The SMILES string of the molecule is COC(=O)NC(=O)[C@H](C)OC(=O)[C@@H]1COc2ccccc2O1. The predicted octanol–water partition coefficient (Wildman–Crippen LogP) is 0.641. The quantitative estimate of drug-likeness (QED) is 0.818. The van der Waals surface area contributed by atoms with Crippen molar-refractivity contribution in [1.82, 2.24) is 5.32 Å². The van der Waals surface area contributed by atoms with E-state index in [0.29, 0.717) is 11.5 Å². The number of alkyl carbamates (subject to hydrolysis) is 1. The van der Waals surface area contributed by atoms with Crippen LogP contribution in [0.1, 0.15) is 6.92 Å². The zero-order valence-corrected chi connectivity index (χ0v) is 12.0. The number of benzene rings is 1. The lowest BCUT2D eigenvalue weighted by molar-refractivity contribution is -0.163. The fraction of sp³-hybridized carbons (Fsp3) is 0.357. The summed E-state index contributed by atoms with van der Waals surface area (Å²) in [5, 5.41) is 1.90. The van der Waals surface area contributed by atoms with Crippen molar-refractivity contribution in [3.05, 3.63) is 24.3 Å². The van der Waals surface area contributed by atoms with E-state index in [2.05, 4.69) is 4.74 Å². The maximum atomic E-state index is 12.0. The zero-order valence-electron chi connectivity index (χ0n) is 12.0. The highest BCUT2D eigenvalue weighted by molar-refractivity contribution is 5.95. The number of amides is 2. The first-order chi connectivity index (χ1) is 10.5. The molecule has 0 unspecified atom stereocenters. The lowest BCUT2D eigenvalue weighted by Gasteiger charge is -2.25. The van der Waals surface area contributed by atoms with Crippen molar-refractivity contribution in [3.8, 4) is 11.5 Å². The highest BCUT2D eigenvalue weighted by Gasteiger charge is 2.31. The summed E-state index contributed by atoms with van der Waals surface area (Å²) in [5.41, 5.74) is 0. The van der Waals surface area contributed by atoms with Crippen LogP contribution >= 0.6 is 0 Å². The third-order valence-corrected chi connectivity index (χ3v) is 2.84. The molecule has 0 bridgehead atoms. The summed E-state index contributed by atoms with van der Waals surface area (Å²) in [5.74, 6) is -0.607. The fourth-order valence-corrected chi connectivity index (χ4v) is 1.69. The van der Waals surface area contributed by atoms with Crippen LogP contribution in [0.4, 0.5) is 4.79 Å². The van der Waals surface area contributed by atoms with Gasteiger partial charge in [-0.3, -0.25) is 10.1 Å². The molecule has 0 fully saturated rings. The van der Waals surface area contributed by atoms with Gasteiger partial charge in [0.25, 0.3) is 5.91 Å². The van der Waals surface area contributed by atoms with Gasteiger partial charge in [0.05, 0.1) is 7.11 Å². The number of carbonyl (C=O) groups is 3. The van der Waals surface area contributed by atoms with E-state index >= 15 is 0 Å². The summed E-state index contributed by atoms with van der Waals surface area (Å²) in [4.78, 5) is 34.4. The van der Waals surface area contributed by atoms with Gasteiger partial charge >= 0.3 is 12.1 Å². The average molecular weight is 309 g/mol. The van der Waals surface area contributed by atoms with Crippen LogP contribution in [0, 0.1) is 0 Å². The van der Waals surface area contributed by atoms with E-state index < -0.39 is 30.2 Å². The first-order valence-electron chi connectivity index (χ1n) is 6.49. The van der Waals surface area contributed by atoms with Gasteiger partial charge in [0.1, 0.15) is 6.61 Å². The number of rotatable bonds is 3. The summed E-state index contributed by atoms with van der Waals surface area (Å²) in [6.45, 7) is 1.30. The van der Waals surface area contributed by atoms with Gasteiger partial charge in [0, 0.05) is 0 Å². The minimum absolute atomic E-state index is 0.0266. The maximum absolute atomic E-state index is 12.0. The summed E-state index contributed by atoms with van der Waals surface area (Å²) < 4.78 is 20.1. The van der Waals surface area contributed by atoms with E-state index in [4.69, 9.17) is 14.2 Å². The second kappa shape index (κ2) is 6.79. The summed E-state index contributed by atoms with van der Waals surface area (Å²) in [6, 6.07) is 6.88.